The van der Waals surface area contributed by atoms with E-state index in [4.69, 9.17) is 29.9 Å². The molecular formula is C134H92LiN9OS. The number of fused-ring (bicyclic) bond motifs is 7. The van der Waals surface area contributed by atoms with Gasteiger partial charge >= 0.3 is 18.9 Å². The first-order chi connectivity index (χ1) is 71.6. The molecule has 0 atom stereocenters. The van der Waals surface area contributed by atoms with Crippen LogP contribution in [0.5, 0.6) is 5.75 Å². The van der Waals surface area contributed by atoms with Crippen LogP contribution >= 0.6 is 11.3 Å². The number of rotatable bonds is 16. The molecule has 0 fully saturated rings. The summed E-state index contributed by atoms with van der Waals surface area (Å²) in [5.41, 5.74) is 25.3. The van der Waals surface area contributed by atoms with E-state index in [9.17, 15) is 5.11 Å². The second-order valence-corrected chi connectivity index (χ2v) is 37.8. The smallest absolute Gasteiger partial charge is 0.871 e. The van der Waals surface area contributed by atoms with E-state index in [1.807, 2.05) is 151 Å². The SMILES string of the molecule is CC1(C)c2cc(-c3nc(-c4ccccc4)nc(-c4ccccc4)n3)ccc2-c2ccc(-c3nc(-c4ccccc4)nc(-c4ccccc4)n3)cc21.[Li+].[O-]c1cccc2cccnc12.c1ccc(-c2ccc(-c3cccc(-c4c5ccccc5c(-c5ccc6ccccc6c5)c5ccccc45)c3)s2)cc1.c1ccc(N(c2ccccc2)c2ccc3ccc4c(N(c5ccccc5)c5ccccc5)ccc5ccc2c3c54)cc1. The summed E-state index contributed by atoms with van der Waals surface area (Å²) in [5, 5.41) is 27.2. The quantitative estimate of drug-likeness (QED) is 0.0525. The molecule has 10 nitrogen and oxygen atoms in total. The van der Waals surface area contributed by atoms with E-state index >= 15 is 0 Å². The molecule has 0 N–H and O–H groups in total. The number of thiophene rings is 1. The third kappa shape index (κ3) is 18.0. The molecule has 686 valence electrons. The number of aromatic nitrogens is 7. The van der Waals surface area contributed by atoms with Gasteiger partial charge < -0.3 is 14.9 Å². The Morgan fingerprint density at radius 2 is 0.534 bits per heavy atom. The van der Waals surface area contributed by atoms with E-state index < -0.39 is 0 Å². The van der Waals surface area contributed by atoms with Crippen LogP contribution in [0.3, 0.4) is 0 Å². The van der Waals surface area contributed by atoms with E-state index in [2.05, 4.69) is 393 Å². The van der Waals surface area contributed by atoms with Crippen molar-refractivity contribution in [2.24, 2.45) is 0 Å². The van der Waals surface area contributed by atoms with Gasteiger partial charge in [-0.2, -0.15) is 0 Å². The maximum absolute atomic E-state index is 11.1. The zero-order valence-corrected chi connectivity index (χ0v) is 81.3. The van der Waals surface area contributed by atoms with Crippen molar-refractivity contribution in [3.05, 3.63) is 533 Å². The molecule has 12 heteroatoms. The summed E-state index contributed by atoms with van der Waals surface area (Å²) in [6.45, 7) is 4.56. The van der Waals surface area contributed by atoms with Crippen LogP contribution in [0.25, 0.3) is 198 Å². The first-order valence-corrected chi connectivity index (χ1v) is 49.7. The number of hydrogen-bond donors (Lipinski definition) is 0. The minimum absolute atomic E-state index is 0. The largest absolute Gasteiger partial charge is 1.00 e. The number of nitrogens with zero attached hydrogens (tertiary/aromatic N) is 9. The van der Waals surface area contributed by atoms with Crippen molar-refractivity contribution >= 4 is 121 Å². The molecule has 0 spiro atoms. The van der Waals surface area contributed by atoms with Gasteiger partial charge in [0.1, 0.15) is 0 Å². The van der Waals surface area contributed by atoms with Crippen LogP contribution in [-0.4, -0.2) is 34.9 Å². The Balaban J connectivity index is 0.000000115. The van der Waals surface area contributed by atoms with Gasteiger partial charge in [0.25, 0.3) is 0 Å². The summed E-state index contributed by atoms with van der Waals surface area (Å²) in [4.78, 5) is 41.0. The molecule has 0 saturated carbocycles. The number of anilines is 6. The van der Waals surface area contributed by atoms with Gasteiger partial charge in [0.05, 0.1) is 16.9 Å². The molecule has 0 bridgehead atoms. The van der Waals surface area contributed by atoms with Crippen LogP contribution in [0.4, 0.5) is 34.1 Å². The third-order valence-electron chi connectivity index (χ3n) is 27.4. The van der Waals surface area contributed by atoms with Gasteiger partial charge in [0.15, 0.2) is 34.9 Å². The zero-order valence-electron chi connectivity index (χ0n) is 80.5. The first kappa shape index (κ1) is 91.6. The van der Waals surface area contributed by atoms with E-state index in [1.54, 1.807) is 12.3 Å². The summed E-state index contributed by atoms with van der Waals surface area (Å²) in [6.07, 6.45) is 1.63. The Bertz CT molecular complexity index is 8640. The number of benzene rings is 22. The standard InChI is InChI=1S/C45H32N6.C40H28N2.C40H26S.C9H7NO.Li/c1-45(2)37-27-33(43-48-39(29-15-7-3-8-16-29)46-40(49-43)30-17-9-4-10-18-30)23-25-35(37)36-26-24-34(28-38(36)45)44-50-41(31-19-11-5-12-20-31)47-42(51-44)32-21-13-6-14-22-32;1-5-13-31(14-6-1)41(32-15-7-2-8-16-32)37-27-23-29-22-26-36-38(28-24-30-21-25-35(37)39(29)40(30)36)42(33-17-9-3-10-18-33)34-19-11-4-12-20-34;1-2-12-28(13-3-1)37-23-24-38(41-37)30-15-10-16-31(26-30)39-33-17-6-8-19-35(33)40(36-20-9-7-18-34(36)39)32-22-21-27-11-4-5-14-29(27)25-32;11-8-5-1-3-7-4-2-6-10-9(7)8;/h3-28H,1-2H3;1-28H;1-26H;1-6,11H;/q;;;;+1/p-1. The minimum Gasteiger partial charge on any atom is -0.871 e. The van der Waals surface area contributed by atoms with Gasteiger partial charge in [0.2, 0.25) is 0 Å². The van der Waals surface area contributed by atoms with Gasteiger partial charge in [-0.05, 0) is 218 Å². The minimum atomic E-state index is -0.300. The maximum atomic E-state index is 11.1. The second kappa shape index (κ2) is 40.4. The van der Waals surface area contributed by atoms with Crippen molar-refractivity contribution < 1.29 is 24.0 Å². The van der Waals surface area contributed by atoms with Crippen LogP contribution in [0.2, 0.25) is 0 Å². The average Bonchev–Trinajstić information content (AvgIpc) is 1.12. The summed E-state index contributed by atoms with van der Waals surface area (Å²) in [6, 6.07) is 181. The predicted octanol–water partition coefficient (Wildman–Crippen LogP) is 32.1. The molecule has 0 unspecified atom stereocenters. The van der Waals surface area contributed by atoms with Crippen LogP contribution < -0.4 is 33.8 Å². The first-order valence-electron chi connectivity index (χ1n) is 48.8. The van der Waals surface area contributed by atoms with Crippen molar-refractivity contribution in [3.8, 4) is 128 Å². The van der Waals surface area contributed by atoms with E-state index in [-0.39, 0.29) is 30.0 Å². The van der Waals surface area contributed by atoms with Crippen LogP contribution in [0.15, 0.2) is 522 Å². The number of pyridine rings is 1. The fourth-order valence-electron chi connectivity index (χ4n) is 20.5. The van der Waals surface area contributed by atoms with Gasteiger partial charge in [-0.3, -0.25) is 4.98 Å². The van der Waals surface area contributed by atoms with Crippen LogP contribution in [0, 0.1) is 0 Å². The maximum Gasteiger partial charge on any atom is 1.00 e. The average molecular weight is 1880 g/mol. The van der Waals surface area contributed by atoms with Crippen molar-refractivity contribution in [1.82, 2.24) is 34.9 Å². The van der Waals surface area contributed by atoms with Crippen LogP contribution in [-0.2, 0) is 5.41 Å². The Morgan fingerprint density at radius 3 is 0.945 bits per heavy atom. The molecule has 1 aliphatic carbocycles. The molecule has 26 aromatic rings. The summed E-state index contributed by atoms with van der Waals surface area (Å²) in [7, 11) is 0. The number of para-hydroxylation sites is 5. The molecule has 0 radical (unpaired) electrons. The van der Waals surface area contributed by atoms with Gasteiger partial charge in [-0.1, -0.05) is 432 Å². The zero-order chi connectivity index (χ0) is 97.1. The predicted molar refractivity (Wildman–Crippen MR) is 603 cm³/mol. The summed E-state index contributed by atoms with van der Waals surface area (Å²) < 4.78 is 0. The van der Waals surface area contributed by atoms with E-state index in [0.717, 1.165) is 61.5 Å². The molecule has 1 aliphatic rings. The molecule has 0 aliphatic heterocycles. The number of hydrogen-bond acceptors (Lipinski definition) is 11. The van der Waals surface area contributed by atoms with Crippen molar-refractivity contribution in [2.75, 3.05) is 9.80 Å². The molecular weight excluding hydrogens is 1790 g/mol. The van der Waals surface area contributed by atoms with Crippen molar-refractivity contribution in [3.63, 3.8) is 0 Å². The molecule has 146 heavy (non-hydrogen) atoms. The Kier molecular flexibility index (Phi) is 25.3. The van der Waals surface area contributed by atoms with E-state index in [0.29, 0.717) is 40.5 Å². The third-order valence-corrected chi connectivity index (χ3v) is 28.6. The van der Waals surface area contributed by atoms with Crippen LogP contribution in [0.1, 0.15) is 25.0 Å². The fourth-order valence-corrected chi connectivity index (χ4v) is 21.5. The van der Waals surface area contributed by atoms with Gasteiger partial charge in [0, 0.05) is 88.3 Å². The van der Waals surface area contributed by atoms with Gasteiger partial charge in [-0.25, -0.2) is 29.9 Å². The molecule has 0 amide bonds. The van der Waals surface area contributed by atoms with Crippen molar-refractivity contribution in [2.45, 2.75) is 19.3 Å². The van der Waals surface area contributed by atoms with E-state index in [1.165, 1.54) is 147 Å². The van der Waals surface area contributed by atoms with Crippen molar-refractivity contribution in [1.29, 1.82) is 0 Å². The second-order valence-electron chi connectivity index (χ2n) is 36.7. The molecule has 22 aromatic carbocycles. The Morgan fingerprint density at radius 1 is 0.226 bits per heavy atom. The Labute approximate surface area is 863 Å². The topological polar surface area (TPSA) is 120 Å². The normalized spacial score (nSPS) is 11.7. The summed E-state index contributed by atoms with van der Waals surface area (Å²) >= 11 is 1.85. The Hall–Kier alpha value is -18.2. The fraction of sp³-hybridized carbons (Fsp3) is 0.0224. The molecule has 4 aromatic heterocycles. The molecule has 27 rings (SSSR count). The molecule has 0 saturated heterocycles. The monoisotopic (exact) mass is 1880 g/mol. The molecule has 4 heterocycles. The summed E-state index contributed by atoms with van der Waals surface area (Å²) in [5.74, 6) is 3.87. The van der Waals surface area contributed by atoms with Gasteiger partial charge in [-0.15, -0.1) is 11.3 Å².